The second-order valence-corrected chi connectivity index (χ2v) is 10.5. The summed E-state index contributed by atoms with van der Waals surface area (Å²) in [5.41, 5.74) is -1.10. The lowest BCUT2D eigenvalue weighted by Gasteiger charge is -2.43. The topological polar surface area (TPSA) is 69.3 Å². The summed E-state index contributed by atoms with van der Waals surface area (Å²) in [6.07, 6.45) is -1.70. The molecule has 2 fully saturated rings. The normalized spacial score (nSPS) is 26.4. The molecule has 0 unspecified atom stereocenters. The first-order valence-electron chi connectivity index (χ1n) is 12.7. The van der Waals surface area contributed by atoms with Crippen molar-refractivity contribution >= 4 is 5.91 Å². The molecule has 0 radical (unpaired) electrons. The molecule has 1 aliphatic heterocycles. The van der Waals surface area contributed by atoms with Gasteiger partial charge in [0.15, 0.2) is 23.0 Å². The Balaban J connectivity index is 1.61. The number of benzene rings is 2. The predicted molar refractivity (Wildman–Crippen MR) is 133 cm³/mol. The van der Waals surface area contributed by atoms with E-state index in [0.29, 0.717) is 18.7 Å². The molecule has 7 nitrogen and oxygen atoms in total. The van der Waals surface area contributed by atoms with E-state index in [-0.39, 0.29) is 37.5 Å². The van der Waals surface area contributed by atoms with E-state index in [1.165, 1.54) is 18.2 Å². The van der Waals surface area contributed by atoms with E-state index in [2.05, 4.69) is 5.32 Å². The molecule has 1 N–H and O–H groups in total. The van der Waals surface area contributed by atoms with Crippen LogP contribution in [0.15, 0.2) is 42.5 Å². The van der Waals surface area contributed by atoms with Crippen molar-refractivity contribution in [3.05, 3.63) is 71.0 Å². The Hall–Kier alpha value is -2.50. The van der Waals surface area contributed by atoms with Crippen LogP contribution in [0.2, 0.25) is 0 Å². The number of nitrogens with zero attached hydrogens (tertiary/aromatic N) is 1. The number of amides is 1. The van der Waals surface area contributed by atoms with Crippen molar-refractivity contribution < 1.29 is 36.9 Å². The van der Waals surface area contributed by atoms with Crippen LogP contribution >= 0.6 is 0 Å². The maximum atomic E-state index is 14.4. The fraction of sp³-hybridized carbons (Fsp3) is 0.536. The van der Waals surface area contributed by atoms with Crippen molar-refractivity contribution in [1.29, 1.82) is 0 Å². The van der Waals surface area contributed by atoms with Crippen molar-refractivity contribution in [3.63, 3.8) is 0 Å². The third kappa shape index (κ3) is 6.55. The minimum Gasteiger partial charge on any atom is -0.370 e. The number of nitrogens with one attached hydrogen (secondary N) is 1. The number of carbonyl (C=O) groups excluding carboxylic acids is 1. The van der Waals surface area contributed by atoms with Gasteiger partial charge in [-0.2, -0.15) is 0 Å². The molecule has 0 aromatic heterocycles. The smallest absolute Gasteiger partial charge is 0.252 e. The first kappa shape index (κ1) is 28.5. The molecule has 2 aromatic rings. The Bertz CT molecular complexity index is 1130. The molecule has 2 aromatic carbocycles. The largest absolute Gasteiger partial charge is 0.370 e. The van der Waals surface area contributed by atoms with Gasteiger partial charge in [0.2, 0.25) is 0 Å². The van der Waals surface area contributed by atoms with Crippen LogP contribution in [0.4, 0.5) is 13.2 Å². The highest BCUT2D eigenvalue weighted by atomic mass is 19.2. The van der Waals surface area contributed by atoms with E-state index in [9.17, 15) is 18.0 Å². The number of carbonyl (C=O) groups is 1. The van der Waals surface area contributed by atoms with Crippen LogP contribution in [0.25, 0.3) is 0 Å². The Morgan fingerprint density at radius 2 is 1.71 bits per heavy atom. The van der Waals surface area contributed by atoms with E-state index < -0.39 is 47.2 Å². The average Bonchev–Trinajstić information content (AvgIpc) is 3.17. The number of rotatable bonds is 10. The first-order chi connectivity index (χ1) is 18.0. The zero-order chi connectivity index (χ0) is 27.5. The molecule has 2 aliphatic rings. The molecule has 38 heavy (non-hydrogen) atoms. The molecule has 1 heterocycles. The Kier molecular flexibility index (Phi) is 8.78. The third-order valence-corrected chi connectivity index (χ3v) is 6.85. The van der Waals surface area contributed by atoms with Gasteiger partial charge in [0.25, 0.3) is 5.91 Å². The van der Waals surface area contributed by atoms with Crippen molar-refractivity contribution in [2.24, 2.45) is 0 Å². The van der Waals surface area contributed by atoms with Gasteiger partial charge < -0.3 is 29.2 Å². The number of fused-ring (bicyclic) bond motifs is 1. The molecule has 1 saturated heterocycles. The fourth-order valence-electron chi connectivity index (χ4n) is 4.95. The van der Waals surface area contributed by atoms with Crippen molar-refractivity contribution in [1.82, 2.24) is 10.2 Å². The van der Waals surface area contributed by atoms with Crippen LogP contribution in [0.5, 0.6) is 0 Å². The monoisotopic (exact) mass is 536 g/mol. The maximum Gasteiger partial charge on any atom is 0.252 e. The third-order valence-electron chi connectivity index (χ3n) is 6.85. The molecule has 0 spiro atoms. The molecule has 1 saturated carbocycles. The lowest BCUT2D eigenvalue weighted by atomic mass is 9.78. The molecule has 4 rings (SSSR count). The summed E-state index contributed by atoms with van der Waals surface area (Å²) in [5.74, 6) is -3.75. The Labute approximate surface area is 221 Å². The predicted octanol–water partition coefficient (Wildman–Crippen LogP) is 3.94. The summed E-state index contributed by atoms with van der Waals surface area (Å²) in [5, 5.41) is 2.93. The summed E-state index contributed by atoms with van der Waals surface area (Å²) in [4.78, 5) is 15.6. The minimum atomic E-state index is -1.44. The first-order valence-corrected chi connectivity index (χ1v) is 12.7. The molecular weight excluding hydrogens is 501 g/mol. The van der Waals surface area contributed by atoms with Crippen LogP contribution in [0.1, 0.15) is 37.8 Å². The molecule has 1 aliphatic carbocycles. The number of ether oxygens (including phenoxy) is 4. The fourth-order valence-corrected chi connectivity index (χ4v) is 4.95. The SMILES string of the molecule is CN(C)CCNC(=O)[C@@]1(OCc2ccccc2F)C[C@H](OCc2cccc(F)c2F)[C@@H]2OC(C)(C)O[C@@H]2C1. The van der Waals surface area contributed by atoms with Gasteiger partial charge in [-0.15, -0.1) is 0 Å². The summed E-state index contributed by atoms with van der Waals surface area (Å²) < 4.78 is 67.1. The van der Waals surface area contributed by atoms with Crippen molar-refractivity contribution in [3.8, 4) is 0 Å². The van der Waals surface area contributed by atoms with E-state index >= 15 is 0 Å². The Morgan fingerprint density at radius 3 is 2.45 bits per heavy atom. The van der Waals surface area contributed by atoms with Crippen LogP contribution in [0.3, 0.4) is 0 Å². The van der Waals surface area contributed by atoms with E-state index in [0.717, 1.165) is 6.07 Å². The molecule has 10 heteroatoms. The number of hydrogen-bond donors (Lipinski definition) is 1. The summed E-state index contributed by atoms with van der Waals surface area (Å²) in [6, 6.07) is 10.1. The molecule has 0 bridgehead atoms. The van der Waals surface area contributed by atoms with E-state index in [1.54, 1.807) is 32.0 Å². The number of halogens is 3. The van der Waals surface area contributed by atoms with Gasteiger partial charge in [-0.1, -0.05) is 30.3 Å². The quantitative estimate of drug-likeness (QED) is 0.496. The van der Waals surface area contributed by atoms with E-state index in [4.69, 9.17) is 18.9 Å². The molecule has 4 atom stereocenters. The maximum absolute atomic E-state index is 14.4. The molecule has 1 amide bonds. The standard InChI is InChI=1S/C28H35F3N2O5/c1-27(2)37-23-15-28(26(34)32-12-13-33(3)4,36-17-18-8-5-6-10-20(18)29)14-22(25(23)38-27)35-16-19-9-7-11-21(30)24(19)31/h5-11,22-23,25H,12-17H2,1-4H3,(H,32,34)/t22-,23+,25-,28+/m0/s1. The van der Waals surface area contributed by atoms with Crippen molar-refractivity contribution in [2.45, 2.75) is 69.6 Å². The minimum absolute atomic E-state index is 0.0404. The van der Waals surface area contributed by atoms with Crippen LogP contribution in [-0.2, 0) is 37.0 Å². The average molecular weight is 537 g/mol. The summed E-state index contributed by atoms with van der Waals surface area (Å²) in [6.45, 7) is 4.09. The highest BCUT2D eigenvalue weighted by molar-refractivity contribution is 5.85. The molecular formula is C28H35F3N2O5. The van der Waals surface area contributed by atoms with Gasteiger partial charge in [-0.3, -0.25) is 4.79 Å². The Morgan fingerprint density at radius 1 is 1.00 bits per heavy atom. The lowest BCUT2D eigenvalue weighted by molar-refractivity contribution is -0.183. The van der Waals surface area contributed by atoms with Crippen LogP contribution < -0.4 is 5.32 Å². The summed E-state index contributed by atoms with van der Waals surface area (Å²) >= 11 is 0. The van der Waals surface area contributed by atoms with Crippen LogP contribution in [0, 0.1) is 17.5 Å². The van der Waals surface area contributed by atoms with Gasteiger partial charge in [0, 0.05) is 37.1 Å². The number of hydrogen-bond acceptors (Lipinski definition) is 6. The second-order valence-electron chi connectivity index (χ2n) is 10.5. The van der Waals surface area contributed by atoms with Crippen molar-refractivity contribution in [2.75, 3.05) is 27.2 Å². The highest BCUT2D eigenvalue weighted by Crippen LogP contribution is 2.44. The second kappa shape index (κ2) is 11.7. The van der Waals surface area contributed by atoms with Gasteiger partial charge in [0.1, 0.15) is 11.9 Å². The summed E-state index contributed by atoms with van der Waals surface area (Å²) in [7, 11) is 3.78. The zero-order valence-corrected chi connectivity index (χ0v) is 22.1. The number of likely N-dealkylation sites (N-methyl/N-ethyl adjacent to an activating group) is 1. The van der Waals surface area contributed by atoms with Gasteiger partial charge in [0.05, 0.1) is 25.4 Å². The van der Waals surface area contributed by atoms with Gasteiger partial charge in [-0.05, 0) is 40.1 Å². The van der Waals surface area contributed by atoms with Gasteiger partial charge >= 0.3 is 0 Å². The van der Waals surface area contributed by atoms with Crippen LogP contribution in [-0.4, -0.2) is 67.7 Å². The lowest BCUT2D eigenvalue weighted by Crippen LogP contribution is -2.60. The highest BCUT2D eigenvalue weighted by Gasteiger charge is 2.58. The zero-order valence-electron chi connectivity index (χ0n) is 22.1. The molecule has 208 valence electrons. The van der Waals surface area contributed by atoms with Gasteiger partial charge in [-0.25, -0.2) is 13.2 Å². The van der Waals surface area contributed by atoms with E-state index in [1.807, 2.05) is 19.0 Å².